The minimum Gasteiger partial charge on any atom is -0.462 e. The van der Waals surface area contributed by atoms with Gasteiger partial charge in [-0.1, -0.05) is 36.4 Å². The summed E-state index contributed by atoms with van der Waals surface area (Å²) in [6.07, 6.45) is 0.514. The molecule has 26 heavy (non-hydrogen) atoms. The summed E-state index contributed by atoms with van der Waals surface area (Å²) in [5, 5.41) is 14.6. The zero-order chi connectivity index (χ0) is 18.8. The van der Waals surface area contributed by atoms with E-state index < -0.39 is 5.97 Å². The van der Waals surface area contributed by atoms with Crippen LogP contribution in [0.15, 0.2) is 48.5 Å². The van der Waals surface area contributed by atoms with Crippen molar-refractivity contribution in [2.24, 2.45) is 0 Å². The fraction of sp³-hybridized carbons (Fsp3) is 0.250. The first-order valence-corrected chi connectivity index (χ1v) is 8.44. The second kappa shape index (κ2) is 9.84. The fourth-order valence-corrected chi connectivity index (χ4v) is 2.45. The maximum atomic E-state index is 12.4. The van der Waals surface area contributed by atoms with E-state index in [4.69, 9.17) is 4.74 Å². The third-order valence-corrected chi connectivity index (χ3v) is 3.66. The molecular weight excluding hydrogens is 330 g/mol. The molecule has 0 saturated carbocycles. The quantitative estimate of drug-likeness (QED) is 0.592. The van der Waals surface area contributed by atoms with Gasteiger partial charge >= 0.3 is 12.0 Å². The van der Waals surface area contributed by atoms with Crippen LogP contribution in [0.3, 0.4) is 0 Å². The number of nitrogens with one attached hydrogen (secondary N) is 2. The van der Waals surface area contributed by atoms with Crippen LogP contribution in [0.25, 0.3) is 11.1 Å². The molecule has 0 aliphatic heterocycles. The largest absolute Gasteiger partial charge is 0.462 e. The van der Waals surface area contributed by atoms with Gasteiger partial charge in [0.1, 0.15) is 0 Å². The molecule has 2 aromatic rings. The highest BCUT2D eigenvalue weighted by Crippen LogP contribution is 2.27. The van der Waals surface area contributed by atoms with E-state index in [2.05, 4.69) is 16.7 Å². The Bertz CT molecular complexity index is 812. The van der Waals surface area contributed by atoms with Gasteiger partial charge in [0.05, 0.1) is 23.8 Å². The summed E-state index contributed by atoms with van der Waals surface area (Å²) in [6, 6.07) is 16.1. The van der Waals surface area contributed by atoms with Gasteiger partial charge < -0.3 is 15.4 Å². The lowest BCUT2D eigenvalue weighted by atomic mass is 9.96. The Hall–Kier alpha value is -3.33. The molecule has 2 aromatic carbocycles. The number of esters is 1. The van der Waals surface area contributed by atoms with Crippen molar-refractivity contribution in [3.8, 4) is 17.2 Å². The summed E-state index contributed by atoms with van der Waals surface area (Å²) in [5.74, 6) is -0.452. The summed E-state index contributed by atoms with van der Waals surface area (Å²) in [5.41, 5.74) is 2.27. The van der Waals surface area contributed by atoms with Gasteiger partial charge in [0.25, 0.3) is 0 Å². The molecule has 134 valence electrons. The van der Waals surface area contributed by atoms with Crippen LogP contribution in [0.2, 0.25) is 0 Å². The van der Waals surface area contributed by atoms with Gasteiger partial charge in [0.15, 0.2) is 0 Å². The van der Waals surface area contributed by atoms with Crippen molar-refractivity contribution in [3.05, 3.63) is 59.7 Å². The topological polar surface area (TPSA) is 91.2 Å². The maximum Gasteiger partial charge on any atom is 0.338 e. The van der Waals surface area contributed by atoms with Gasteiger partial charge in [-0.05, 0) is 31.0 Å². The zero-order valence-electron chi connectivity index (χ0n) is 14.6. The molecule has 0 bridgehead atoms. The second-order valence-electron chi connectivity index (χ2n) is 5.48. The van der Waals surface area contributed by atoms with E-state index in [1.807, 2.05) is 19.1 Å². The first-order valence-electron chi connectivity index (χ1n) is 8.44. The van der Waals surface area contributed by atoms with Crippen molar-refractivity contribution in [1.82, 2.24) is 10.6 Å². The highest BCUT2D eigenvalue weighted by atomic mass is 16.5. The fourth-order valence-electron chi connectivity index (χ4n) is 2.45. The number of nitriles is 1. The number of nitrogens with zero attached hydrogens (tertiary/aromatic N) is 1. The summed E-state index contributed by atoms with van der Waals surface area (Å²) < 4.78 is 5.31. The third-order valence-electron chi connectivity index (χ3n) is 3.66. The molecule has 0 saturated heterocycles. The number of hydrogen-bond donors (Lipinski definition) is 2. The Morgan fingerprint density at radius 2 is 1.73 bits per heavy atom. The van der Waals surface area contributed by atoms with Crippen LogP contribution in [-0.4, -0.2) is 31.7 Å². The minimum atomic E-state index is -0.452. The van der Waals surface area contributed by atoms with E-state index in [1.54, 1.807) is 36.4 Å². The monoisotopic (exact) mass is 351 g/mol. The summed E-state index contributed by atoms with van der Waals surface area (Å²) >= 11 is 0. The normalized spacial score (nSPS) is 9.85. The van der Waals surface area contributed by atoms with Crippen molar-refractivity contribution in [3.63, 3.8) is 0 Å². The average Bonchev–Trinajstić information content (AvgIpc) is 2.67. The Balaban J connectivity index is 2.00. The number of rotatable bonds is 7. The van der Waals surface area contributed by atoms with E-state index in [0.29, 0.717) is 41.8 Å². The van der Waals surface area contributed by atoms with Gasteiger partial charge in [0.2, 0.25) is 0 Å². The van der Waals surface area contributed by atoms with E-state index in [1.165, 1.54) is 0 Å². The first-order chi connectivity index (χ1) is 12.7. The minimum absolute atomic E-state index is 0.194. The Morgan fingerprint density at radius 3 is 2.46 bits per heavy atom. The molecule has 0 atom stereocenters. The predicted molar refractivity (Wildman–Crippen MR) is 98.6 cm³/mol. The molecule has 0 aliphatic carbocycles. The zero-order valence-corrected chi connectivity index (χ0v) is 14.6. The van der Waals surface area contributed by atoms with Crippen LogP contribution in [0.5, 0.6) is 0 Å². The number of hydrogen-bond acceptors (Lipinski definition) is 4. The van der Waals surface area contributed by atoms with Crippen LogP contribution in [0.4, 0.5) is 4.79 Å². The SMILES string of the molecule is CCNC(=O)NCCCOC(=O)c1ccccc1-c1ccccc1C#N. The van der Waals surface area contributed by atoms with Crippen LogP contribution in [0, 0.1) is 11.3 Å². The lowest BCUT2D eigenvalue weighted by molar-refractivity contribution is 0.0502. The number of amides is 2. The summed E-state index contributed by atoms with van der Waals surface area (Å²) in [7, 11) is 0. The van der Waals surface area contributed by atoms with Crippen LogP contribution < -0.4 is 10.6 Å². The van der Waals surface area contributed by atoms with Gasteiger partial charge in [-0.25, -0.2) is 9.59 Å². The number of benzene rings is 2. The molecule has 0 aliphatic rings. The smallest absolute Gasteiger partial charge is 0.338 e. The van der Waals surface area contributed by atoms with E-state index in [0.717, 1.165) is 0 Å². The van der Waals surface area contributed by atoms with Crippen molar-refractivity contribution in [2.75, 3.05) is 19.7 Å². The maximum absolute atomic E-state index is 12.4. The third kappa shape index (κ3) is 5.08. The van der Waals surface area contributed by atoms with Gasteiger partial charge in [0, 0.05) is 18.7 Å². The van der Waals surface area contributed by atoms with Gasteiger partial charge in [-0.15, -0.1) is 0 Å². The lowest BCUT2D eigenvalue weighted by Crippen LogP contribution is -2.36. The highest BCUT2D eigenvalue weighted by Gasteiger charge is 2.15. The number of urea groups is 1. The van der Waals surface area contributed by atoms with Crippen LogP contribution in [0.1, 0.15) is 29.3 Å². The Labute approximate surface area is 152 Å². The van der Waals surface area contributed by atoms with Gasteiger partial charge in [-0.2, -0.15) is 5.26 Å². The van der Waals surface area contributed by atoms with Gasteiger partial charge in [-0.3, -0.25) is 0 Å². The number of carbonyl (C=O) groups is 2. The summed E-state index contributed by atoms with van der Waals surface area (Å²) in [4.78, 5) is 23.7. The molecule has 2 N–H and O–H groups in total. The van der Waals surface area contributed by atoms with Crippen molar-refractivity contribution in [2.45, 2.75) is 13.3 Å². The molecule has 6 heteroatoms. The molecule has 0 aromatic heterocycles. The van der Waals surface area contributed by atoms with Crippen molar-refractivity contribution in [1.29, 1.82) is 5.26 Å². The van der Waals surface area contributed by atoms with Crippen molar-refractivity contribution < 1.29 is 14.3 Å². The van der Waals surface area contributed by atoms with E-state index in [-0.39, 0.29) is 12.6 Å². The lowest BCUT2D eigenvalue weighted by Gasteiger charge is -2.11. The highest BCUT2D eigenvalue weighted by molar-refractivity contribution is 5.98. The van der Waals surface area contributed by atoms with E-state index in [9.17, 15) is 14.9 Å². The molecule has 0 fully saturated rings. The first kappa shape index (κ1) is 19.0. The second-order valence-corrected chi connectivity index (χ2v) is 5.48. The molecule has 6 nitrogen and oxygen atoms in total. The molecule has 0 heterocycles. The van der Waals surface area contributed by atoms with Crippen molar-refractivity contribution >= 4 is 12.0 Å². The predicted octanol–water partition coefficient (Wildman–Crippen LogP) is 3.09. The number of carbonyl (C=O) groups excluding carboxylic acids is 2. The number of ether oxygens (including phenoxy) is 1. The Kier molecular flexibility index (Phi) is 7.19. The average molecular weight is 351 g/mol. The van der Waals surface area contributed by atoms with Crippen LogP contribution in [-0.2, 0) is 4.74 Å². The van der Waals surface area contributed by atoms with E-state index >= 15 is 0 Å². The Morgan fingerprint density at radius 1 is 1.04 bits per heavy atom. The standard InChI is InChI=1S/C20H21N3O3/c1-2-22-20(25)23-12-7-13-26-19(24)18-11-6-5-10-17(18)16-9-4-3-8-15(16)14-21/h3-6,8-11H,2,7,12-13H2,1H3,(H2,22,23,25). The molecule has 0 spiro atoms. The molecular formula is C20H21N3O3. The van der Waals surface area contributed by atoms with Crippen LogP contribution >= 0.6 is 0 Å². The molecule has 2 amide bonds. The summed E-state index contributed by atoms with van der Waals surface area (Å²) in [6.45, 7) is 3.00. The molecule has 0 radical (unpaired) electrons. The molecule has 2 rings (SSSR count). The molecule has 0 unspecified atom stereocenters.